The number of hydrogen-bond donors (Lipinski definition) is 1. The van der Waals surface area contributed by atoms with Crippen LogP contribution in [0.2, 0.25) is 0 Å². The van der Waals surface area contributed by atoms with Gasteiger partial charge < -0.3 is 14.8 Å². The summed E-state index contributed by atoms with van der Waals surface area (Å²) >= 11 is 0. The van der Waals surface area contributed by atoms with Crippen LogP contribution >= 0.6 is 0 Å². The van der Waals surface area contributed by atoms with Crippen molar-refractivity contribution in [1.82, 2.24) is 15.1 Å². The van der Waals surface area contributed by atoms with Crippen molar-refractivity contribution in [2.24, 2.45) is 0 Å². The van der Waals surface area contributed by atoms with E-state index >= 15 is 0 Å². The molecule has 1 aromatic heterocycles. The molecule has 6 nitrogen and oxygen atoms in total. The van der Waals surface area contributed by atoms with E-state index in [1.807, 2.05) is 53.3 Å². The summed E-state index contributed by atoms with van der Waals surface area (Å²) in [7, 11) is 1.61. The molecule has 0 fully saturated rings. The van der Waals surface area contributed by atoms with Crippen LogP contribution in [0.15, 0.2) is 67.0 Å². The molecule has 0 bridgehead atoms. The number of rotatable bonds is 11. The van der Waals surface area contributed by atoms with Gasteiger partial charge in [-0.05, 0) is 47.4 Å². The van der Waals surface area contributed by atoms with E-state index in [2.05, 4.69) is 23.4 Å². The number of carbonyl (C=O) groups is 1. The van der Waals surface area contributed by atoms with Crippen LogP contribution in [0.4, 0.5) is 0 Å². The minimum absolute atomic E-state index is 0.156. The number of unbranched alkanes of at least 4 members (excludes halogenated alkanes) is 1. The first-order chi connectivity index (χ1) is 15.2. The molecule has 1 N–H and O–H groups in total. The summed E-state index contributed by atoms with van der Waals surface area (Å²) in [6, 6.07) is 15.6. The third-order valence-corrected chi connectivity index (χ3v) is 4.83. The highest BCUT2D eigenvalue weighted by atomic mass is 16.5. The third-order valence-electron chi connectivity index (χ3n) is 4.83. The minimum Gasteiger partial charge on any atom is -0.493 e. The van der Waals surface area contributed by atoms with Gasteiger partial charge in [-0.15, -0.1) is 0 Å². The zero-order chi connectivity index (χ0) is 21.9. The van der Waals surface area contributed by atoms with Gasteiger partial charge in [0.1, 0.15) is 0 Å². The fourth-order valence-electron chi connectivity index (χ4n) is 3.10. The van der Waals surface area contributed by atoms with Gasteiger partial charge in [-0.2, -0.15) is 5.10 Å². The number of methoxy groups -OCH3 is 1. The lowest BCUT2D eigenvalue weighted by atomic mass is 10.1. The Labute approximate surface area is 183 Å². The Morgan fingerprint density at radius 3 is 2.71 bits per heavy atom. The first-order valence-electron chi connectivity index (χ1n) is 10.5. The van der Waals surface area contributed by atoms with Crippen molar-refractivity contribution in [3.8, 4) is 11.5 Å². The highest BCUT2D eigenvalue weighted by Gasteiger charge is 2.06. The molecule has 2 aromatic carbocycles. The number of hydrogen-bond acceptors (Lipinski definition) is 4. The molecule has 1 heterocycles. The molecule has 1 amide bonds. The number of ether oxygens (including phenoxy) is 2. The molecule has 3 rings (SSSR count). The average molecular weight is 420 g/mol. The Morgan fingerprint density at radius 2 is 1.97 bits per heavy atom. The van der Waals surface area contributed by atoms with Gasteiger partial charge in [-0.25, -0.2) is 0 Å². The van der Waals surface area contributed by atoms with Crippen molar-refractivity contribution in [3.63, 3.8) is 0 Å². The summed E-state index contributed by atoms with van der Waals surface area (Å²) in [5.74, 6) is 1.22. The van der Waals surface area contributed by atoms with Crippen LogP contribution in [0.5, 0.6) is 11.5 Å². The molecule has 0 spiro atoms. The summed E-state index contributed by atoms with van der Waals surface area (Å²) in [6.07, 6.45) is 9.05. The van der Waals surface area contributed by atoms with Crippen LogP contribution in [-0.2, 0) is 17.9 Å². The molecule has 0 atom stereocenters. The fraction of sp³-hybridized carbons (Fsp3) is 0.280. The quantitative estimate of drug-likeness (QED) is 0.368. The second-order valence-corrected chi connectivity index (χ2v) is 7.14. The predicted molar refractivity (Wildman–Crippen MR) is 122 cm³/mol. The van der Waals surface area contributed by atoms with Crippen molar-refractivity contribution in [2.45, 2.75) is 32.9 Å². The van der Waals surface area contributed by atoms with E-state index in [1.54, 1.807) is 19.4 Å². The monoisotopic (exact) mass is 419 g/mol. The predicted octanol–water partition coefficient (Wildman–Crippen LogP) is 4.45. The molecule has 0 aliphatic heterocycles. The molecule has 0 radical (unpaired) electrons. The number of benzene rings is 2. The first-order valence-corrected chi connectivity index (χ1v) is 10.5. The van der Waals surface area contributed by atoms with E-state index in [1.165, 1.54) is 6.08 Å². The molecular formula is C25H29N3O3. The van der Waals surface area contributed by atoms with Crippen molar-refractivity contribution >= 4 is 12.0 Å². The van der Waals surface area contributed by atoms with Gasteiger partial charge in [-0.3, -0.25) is 9.48 Å². The Bertz CT molecular complexity index is 997. The van der Waals surface area contributed by atoms with Crippen molar-refractivity contribution < 1.29 is 14.3 Å². The van der Waals surface area contributed by atoms with Crippen molar-refractivity contribution in [1.29, 1.82) is 0 Å². The maximum atomic E-state index is 12.3. The van der Waals surface area contributed by atoms with E-state index in [4.69, 9.17) is 9.47 Å². The summed E-state index contributed by atoms with van der Waals surface area (Å²) < 4.78 is 13.0. The SMILES string of the molecule is CCCCOc1ccc(/C=C/C(=O)NCc2ccccc2Cn2cccn2)cc1OC. The molecule has 31 heavy (non-hydrogen) atoms. The minimum atomic E-state index is -0.156. The molecule has 3 aromatic rings. The van der Waals surface area contributed by atoms with Gasteiger partial charge >= 0.3 is 0 Å². The van der Waals surface area contributed by atoms with E-state index in [0.717, 1.165) is 29.5 Å². The molecule has 0 saturated heterocycles. The zero-order valence-corrected chi connectivity index (χ0v) is 18.1. The Hall–Kier alpha value is -3.54. The summed E-state index contributed by atoms with van der Waals surface area (Å²) in [5, 5.41) is 7.20. The van der Waals surface area contributed by atoms with E-state index in [0.29, 0.717) is 31.2 Å². The maximum absolute atomic E-state index is 12.3. The number of nitrogens with zero attached hydrogens (tertiary/aromatic N) is 2. The van der Waals surface area contributed by atoms with Crippen molar-refractivity contribution in [3.05, 3.63) is 83.7 Å². The Kier molecular flexibility index (Phi) is 8.29. The second kappa shape index (κ2) is 11.6. The van der Waals surface area contributed by atoms with Gasteiger partial charge in [0.2, 0.25) is 5.91 Å². The molecular weight excluding hydrogens is 390 g/mol. The largest absolute Gasteiger partial charge is 0.493 e. The summed E-state index contributed by atoms with van der Waals surface area (Å²) in [5.41, 5.74) is 3.06. The van der Waals surface area contributed by atoms with Crippen LogP contribution in [-0.4, -0.2) is 29.4 Å². The average Bonchev–Trinajstić information content (AvgIpc) is 3.31. The molecule has 6 heteroatoms. The van der Waals surface area contributed by atoms with Gasteiger partial charge in [0.25, 0.3) is 0 Å². The first kappa shape index (κ1) is 22.2. The second-order valence-electron chi connectivity index (χ2n) is 7.14. The highest BCUT2D eigenvalue weighted by Crippen LogP contribution is 2.28. The number of aromatic nitrogens is 2. The van der Waals surface area contributed by atoms with Crippen LogP contribution in [0.1, 0.15) is 36.5 Å². The number of nitrogens with one attached hydrogen (secondary N) is 1. The van der Waals surface area contributed by atoms with Crippen LogP contribution in [0.3, 0.4) is 0 Å². The van der Waals surface area contributed by atoms with Crippen LogP contribution in [0.25, 0.3) is 6.08 Å². The maximum Gasteiger partial charge on any atom is 0.244 e. The van der Waals surface area contributed by atoms with Gasteiger partial charge in [0.05, 0.1) is 20.3 Å². The number of carbonyl (C=O) groups excluding carboxylic acids is 1. The number of amides is 1. The smallest absolute Gasteiger partial charge is 0.244 e. The lowest BCUT2D eigenvalue weighted by Gasteiger charge is -2.11. The molecule has 0 saturated carbocycles. The lowest BCUT2D eigenvalue weighted by molar-refractivity contribution is -0.116. The molecule has 162 valence electrons. The molecule has 0 aliphatic carbocycles. The standard InChI is InChI=1S/C25H29N3O3/c1-3-4-16-31-23-12-10-20(17-24(23)30-2)11-13-25(29)26-18-21-8-5-6-9-22(21)19-28-15-7-14-27-28/h5-15,17H,3-4,16,18-19H2,1-2H3,(H,26,29)/b13-11+. The van der Waals surface area contributed by atoms with Crippen LogP contribution in [0, 0.1) is 0 Å². The summed E-state index contributed by atoms with van der Waals surface area (Å²) in [6.45, 7) is 3.90. The highest BCUT2D eigenvalue weighted by molar-refractivity contribution is 5.91. The van der Waals surface area contributed by atoms with Gasteiger partial charge in [-0.1, -0.05) is 43.7 Å². The normalized spacial score (nSPS) is 10.9. The molecule has 0 unspecified atom stereocenters. The third kappa shape index (κ3) is 6.74. The topological polar surface area (TPSA) is 65.4 Å². The summed E-state index contributed by atoms with van der Waals surface area (Å²) in [4.78, 5) is 12.3. The van der Waals surface area contributed by atoms with E-state index < -0.39 is 0 Å². The van der Waals surface area contributed by atoms with E-state index in [9.17, 15) is 4.79 Å². The van der Waals surface area contributed by atoms with E-state index in [-0.39, 0.29) is 5.91 Å². The van der Waals surface area contributed by atoms with Crippen LogP contribution < -0.4 is 14.8 Å². The van der Waals surface area contributed by atoms with Crippen molar-refractivity contribution in [2.75, 3.05) is 13.7 Å². The Morgan fingerprint density at radius 1 is 1.13 bits per heavy atom. The lowest BCUT2D eigenvalue weighted by Crippen LogP contribution is -2.21. The van der Waals surface area contributed by atoms with Gasteiger partial charge in [0.15, 0.2) is 11.5 Å². The zero-order valence-electron chi connectivity index (χ0n) is 18.1. The Balaban J connectivity index is 1.57. The molecule has 0 aliphatic rings. The fourth-order valence-corrected chi connectivity index (χ4v) is 3.10. The van der Waals surface area contributed by atoms with Gasteiger partial charge in [0, 0.05) is 25.0 Å².